The largest absolute Gasteiger partial charge is 0.459 e. The van der Waals surface area contributed by atoms with Crippen molar-refractivity contribution in [1.29, 1.82) is 0 Å². The molecule has 0 spiro atoms. The third-order valence-corrected chi connectivity index (χ3v) is 5.35. The highest BCUT2D eigenvalue weighted by atomic mass is 127. The van der Waals surface area contributed by atoms with Gasteiger partial charge in [-0.25, -0.2) is 0 Å². The minimum absolute atomic E-state index is 0.0882. The van der Waals surface area contributed by atoms with E-state index in [4.69, 9.17) is 8.83 Å². The fraction of sp³-hybridized carbons (Fsp3) is 0.278. The first-order valence-electron chi connectivity index (χ1n) is 8.13. The van der Waals surface area contributed by atoms with Gasteiger partial charge in [0.15, 0.2) is 5.76 Å². The maximum atomic E-state index is 12.7. The molecule has 0 radical (unpaired) electrons. The number of carbonyl (C=O) groups is 1. The highest BCUT2D eigenvalue weighted by molar-refractivity contribution is 14.1. The van der Waals surface area contributed by atoms with Gasteiger partial charge in [-0.3, -0.25) is 4.79 Å². The minimum atomic E-state index is 0.0882. The Morgan fingerprint density at radius 3 is 2.64 bits per heavy atom. The number of piperidine rings is 1. The first-order valence-corrected chi connectivity index (χ1v) is 9.21. The quantitative estimate of drug-likeness (QED) is 0.567. The van der Waals surface area contributed by atoms with Gasteiger partial charge in [-0.15, -0.1) is 10.2 Å². The smallest absolute Gasteiger partial charge is 0.283 e. The predicted octanol–water partition coefficient (Wildman–Crippen LogP) is 3.95. The van der Waals surface area contributed by atoms with Gasteiger partial charge < -0.3 is 13.7 Å². The standard InChI is InChI=1S/C18H16IN3O3/c19-14-5-2-1-4-13(14)18(23)22-9-7-12(8-10-22)16-20-21-17(25-16)15-6-3-11-24-15/h1-6,11-12H,7-10H2. The molecule has 2 aromatic heterocycles. The van der Waals surface area contributed by atoms with Crippen LogP contribution in [0.2, 0.25) is 0 Å². The minimum Gasteiger partial charge on any atom is -0.459 e. The lowest BCUT2D eigenvalue weighted by Gasteiger charge is -2.30. The molecule has 1 aromatic carbocycles. The summed E-state index contributed by atoms with van der Waals surface area (Å²) in [5.74, 6) is 1.86. The molecule has 0 N–H and O–H groups in total. The van der Waals surface area contributed by atoms with Crippen LogP contribution < -0.4 is 0 Å². The Labute approximate surface area is 158 Å². The summed E-state index contributed by atoms with van der Waals surface area (Å²) < 4.78 is 12.0. The van der Waals surface area contributed by atoms with Crippen molar-refractivity contribution in [2.75, 3.05) is 13.1 Å². The molecule has 1 fully saturated rings. The third-order valence-electron chi connectivity index (χ3n) is 4.41. The highest BCUT2D eigenvalue weighted by Crippen LogP contribution is 2.30. The lowest BCUT2D eigenvalue weighted by Crippen LogP contribution is -2.38. The Hall–Kier alpha value is -2.16. The zero-order chi connectivity index (χ0) is 17.2. The molecule has 4 rings (SSSR count). The average Bonchev–Trinajstić information content (AvgIpc) is 3.33. The van der Waals surface area contributed by atoms with Crippen LogP contribution in [0.3, 0.4) is 0 Å². The van der Waals surface area contributed by atoms with Gasteiger partial charge in [0.1, 0.15) is 0 Å². The van der Waals surface area contributed by atoms with Crippen molar-refractivity contribution >= 4 is 28.5 Å². The van der Waals surface area contributed by atoms with Crippen molar-refractivity contribution in [1.82, 2.24) is 15.1 Å². The Morgan fingerprint density at radius 1 is 1.12 bits per heavy atom. The van der Waals surface area contributed by atoms with Gasteiger partial charge in [0.25, 0.3) is 11.8 Å². The van der Waals surface area contributed by atoms with E-state index in [2.05, 4.69) is 32.8 Å². The van der Waals surface area contributed by atoms with Crippen LogP contribution in [0.4, 0.5) is 0 Å². The van der Waals surface area contributed by atoms with E-state index in [0.29, 0.717) is 30.6 Å². The maximum absolute atomic E-state index is 12.7. The number of carbonyl (C=O) groups excluding carboxylic acids is 1. The van der Waals surface area contributed by atoms with Crippen LogP contribution >= 0.6 is 22.6 Å². The number of rotatable bonds is 3. The first-order chi connectivity index (χ1) is 12.2. The van der Waals surface area contributed by atoms with E-state index in [9.17, 15) is 4.79 Å². The number of furan rings is 1. The fourth-order valence-corrected chi connectivity index (χ4v) is 3.65. The SMILES string of the molecule is O=C(c1ccccc1I)N1CCC(c2nnc(-c3ccco3)o2)CC1. The van der Waals surface area contributed by atoms with Gasteiger partial charge in [-0.1, -0.05) is 12.1 Å². The van der Waals surface area contributed by atoms with Crippen LogP contribution in [0.25, 0.3) is 11.7 Å². The van der Waals surface area contributed by atoms with Crippen LogP contribution in [0.1, 0.15) is 35.0 Å². The normalized spacial score (nSPS) is 15.5. The molecule has 0 bridgehead atoms. The number of likely N-dealkylation sites (tertiary alicyclic amines) is 1. The zero-order valence-electron chi connectivity index (χ0n) is 13.4. The number of benzene rings is 1. The molecule has 1 aliphatic heterocycles. The monoisotopic (exact) mass is 449 g/mol. The molecular formula is C18H16IN3O3. The van der Waals surface area contributed by atoms with E-state index in [0.717, 1.165) is 22.0 Å². The van der Waals surface area contributed by atoms with Crippen molar-refractivity contribution < 1.29 is 13.6 Å². The molecule has 0 unspecified atom stereocenters. The second-order valence-electron chi connectivity index (χ2n) is 5.97. The number of hydrogen-bond donors (Lipinski definition) is 0. The zero-order valence-corrected chi connectivity index (χ0v) is 15.5. The average molecular weight is 449 g/mol. The number of amides is 1. The second kappa shape index (κ2) is 6.99. The summed E-state index contributed by atoms with van der Waals surface area (Å²) in [5.41, 5.74) is 0.763. The Balaban J connectivity index is 1.42. The van der Waals surface area contributed by atoms with Gasteiger partial charge >= 0.3 is 0 Å². The van der Waals surface area contributed by atoms with Crippen LogP contribution in [0, 0.1) is 3.57 Å². The molecular weight excluding hydrogens is 433 g/mol. The van der Waals surface area contributed by atoms with Crippen molar-refractivity contribution in [2.24, 2.45) is 0 Å². The molecule has 0 saturated carbocycles. The van der Waals surface area contributed by atoms with E-state index < -0.39 is 0 Å². The van der Waals surface area contributed by atoms with Gasteiger partial charge in [-0.05, 0) is 59.7 Å². The summed E-state index contributed by atoms with van der Waals surface area (Å²) in [6.45, 7) is 1.37. The predicted molar refractivity (Wildman–Crippen MR) is 99.0 cm³/mol. The maximum Gasteiger partial charge on any atom is 0.283 e. The second-order valence-corrected chi connectivity index (χ2v) is 7.13. The summed E-state index contributed by atoms with van der Waals surface area (Å²) >= 11 is 2.20. The first kappa shape index (κ1) is 16.3. The molecule has 25 heavy (non-hydrogen) atoms. The number of hydrogen-bond acceptors (Lipinski definition) is 5. The summed E-state index contributed by atoms with van der Waals surface area (Å²) in [4.78, 5) is 14.6. The van der Waals surface area contributed by atoms with Crippen molar-refractivity contribution in [3.05, 3.63) is 57.7 Å². The van der Waals surface area contributed by atoms with Crippen molar-refractivity contribution in [3.63, 3.8) is 0 Å². The van der Waals surface area contributed by atoms with Gasteiger partial charge in [0, 0.05) is 22.6 Å². The van der Waals surface area contributed by atoms with E-state index >= 15 is 0 Å². The molecule has 6 nitrogen and oxygen atoms in total. The van der Waals surface area contributed by atoms with E-state index in [1.807, 2.05) is 29.2 Å². The lowest BCUT2D eigenvalue weighted by atomic mass is 9.96. The van der Waals surface area contributed by atoms with Crippen molar-refractivity contribution in [2.45, 2.75) is 18.8 Å². The summed E-state index contributed by atoms with van der Waals surface area (Å²) in [5, 5.41) is 8.21. The van der Waals surface area contributed by atoms with Crippen LogP contribution in [0.15, 0.2) is 51.5 Å². The van der Waals surface area contributed by atoms with Crippen LogP contribution in [0.5, 0.6) is 0 Å². The molecule has 0 aliphatic carbocycles. The Bertz CT molecular complexity index is 867. The molecule has 128 valence electrons. The summed E-state index contributed by atoms with van der Waals surface area (Å²) in [6, 6.07) is 11.3. The van der Waals surface area contributed by atoms with Gasteiger partial charge in [0.05, 0.1) is 11.8 Å². The summed E-state index contributed by atoms with van der Waals surface area (Å²) in [7, 11) is 0. The number of aromatic nitrogens is 2. The van der Waals surface area contributed by atoms with Crippen LogP contribution in [-0.4, -0.2) is 34.1 Å². The molecule has 0 atom stereocenters. The van der Waals surface area contributed by atoms with Gasteiger partial charge in [-0.2, -0.15) is 0 Å². The van der Waals surface area contributed by atoms with Gasteiger partial charge in [0.2, 0.25) is 5.89 Å². The third kappa shape index (κ3) is 3.33. The van der Waals surface area contributed by atoms with E-state index in [1.54, 1.807) is 18.4 Å². The number of halogens is 1. The van der Waals surface area contributed by atoms with E-state index in [1.165, 1.54) is 0 Å². The van der Waals surface area contributed by atoms with E-state index in [-0.39, 0.29) is 11.8 Å². The molecule has 7 heteroatoms. The van der Waals surface area contributed by atoms with Crippen molar-refractivity contribution in [3.8, 4) is 11.7 Å². The topological polar surface area (TPSA) is 72.4 Å². The molecule has 1 amide bonds. The Kier molecular flexibility index (Phi) is 4.56. The Morgan fingerprint density at radius 2 is 1.92 bits per heavy atom. The number of nitrogens with zero attached hydrogens (tertiary/aromatic N) is 3. The highest BCUT2D eigenvalue weighted by Gasteiger charge is 2.28. The lowest BCUT2D eigenvalue weighted by molar-refractivity contribution is 0.0705. The molecule has 1 saturated heterocycles. The molecule has 3 aromatic rings. The molecule has 1 aliphatic rings. The van der Waals surface area contributed by atoms with Crippen LogP contribution in [-0.2, 0) is 0 Å². The molecule has 3 heterocycles. The fourth-order valence-electron chi connectivity index (χ4n) is 3.03. The summed E-state index contributed by atoms with van der Waals surface area (Å²) in [6.07, 6.45) is 3.21.